The van der Waals surface area contributed by atoms with Gasteiger partial charge in [-0.1, -0.05) is 0 Å². The van der Waals surface area contributed by atoms with Gasteiger partial charge in [-0.25, -0.2) is 0 Å². The largest absolute Gasteiger partial charge is 0.319 e. The zero-order valence-electron chi connectivity index (χ0n) is 2.41. The summed E-state index contributed by atoms with van der Waals surface area (Å²) in [5.41, 5.74) is 0. The van der Waals surface area contributed by atoms with Crippen molar-refractivity contribution >= 4 is 12.6 Å². The van der Waals surface area contributed by atoms with Gasteiger partial charge in [0, 0.05) is 0 Å². The molecule has 0 fully saturated rings. The van der Waals surface area contributed by atoms with E-state index in [1.165, 1.54) is 0 Å². The summed E-state index contributed by atoms with van der Waals surface area (Å²) in [5.74, 6) is -0.417. The van der Waals surface area contributed by atoms with Crippen LogP contribution in [0.15, 0.2) is 0 Å². The summed E-state index contributed by atoms with van der Waals surface area (Å²) in [6.45, 7) is 0. The average molecular weight is 97.1 g/mol. The summed E-state index contributed by atoms with van der Waals surface area (Å²) < 4.78 is 21.2. The zero-order valence-corrected chi connectivity index (χ0v) is 3.30. The van der Waals surface area contributed by atoms with Gasteiger partial charge in [-0.15, -0.1) is 0 Å². The maximum atomic E-state index is 10.6. The molecule has 0 aromatic heterocycles. The first kappa shape index (κ1) is 5.21. The fourth-order valence-electron chi connectivity index (χ4n) is 0. The number of rotatable bonds is 1. The molecule has 0 saturated carbocycles. The summed E-state index contributed by atoms with van der Waals surface area (Å²) in [7, 11) is 0. The number of hydrogen-bond donors (Lipinski definition) is 1. The van der Waals surface area contributed by atoms with Gasteiger partial charge in [-0.05, 0) is 0 Å². The lowest BCUT2D eigenvalue weighted by Crippen LogP contribution is -1.74. The van der Waals surface area contributed by atoms with Crippen LogP contribution >= 0.6 is 12.6 Å². The van der Waals surface area contributed by atoms with Gasteiger partial charge < -0.3 is 0 Å². The molecule has 0 aliphatic heterocycles. The normalized spacial score (nSPS) is 9.60. The van der Waals surface area contributed by atoms with Crippen molar-refractivity contribution in [2.24, 2.45) is 0 Å². The molecule has 0 aromatic rings. The van der Waals surface area contributed by atoms with E-state index >= 15 is 0 Å². The Balaban J connectivity index is 2.54. The second-order valence-electron chi connectivity index (χ2n) is 0.497. The molecule has 31 valence electrons. The molecule has 0 nitrogen and oxygen atoms in total. The van der Waals surface area contributed by atoms with E-state index in [0.29, 0.717) is 0 Å². The minimum Gasteiger partial charge on any atom is -0.199 e. The van der Waals surface area contributed by atoms with Gasteiger partial charge in [0.15, 0.2) is 0 Å². The van der Waals surface area contributed by atoms with Crippen LogP contribution in [0.5, 0.6) is 0 Å². The second kappa shape index (κ2) is 2.45. The Morgan fingerprint density at radius 1 is 1.60 bits per heavy atom. The fourth-order valence-corrected chi connectivity index (χ4v) is 0. The maximum Gasteiger partial charge on any atom is 0.319 e. The van der Waals surface area contributed by atoms with E-state index in [-0.39, 0.29) is 0 Å². The molecule has 0 bridgehead atoms. The van der Waals surface area contributed by atoms with E-state index in [2.05, 4.69) is 12.6 Å². The molecule has 0 saturated heterocycles. The Hall–Kier alpha value is 0.210. The zero-order chi connectivity index (χ0) is 4.28. The van der Waals surface area contributed by atoms with E-state index in [4.69, 9.17) is 0 Å². The van der Waals surface area contributed by atoms with Gasteiger partial charge >= 0.3 is 6.43 Å². The highest BCUT2D eigenvalue weighted by atomic mass is 32.1. The number of hydrogen-bond acceptors (Lipinski definition) is 1. The third kappa shape index (κ3) is 4.21. The summed E-state index contributed by atoms with van der Waals surface area (Å²) in [6, 6.07) is 0. The van der Waals surface area contributed by atoms with Crippen molar-refractivity contribution in [3.05, 3.63) is 6.43 Å². The average Bonchev–Trinajstić information content (AvgIpc) is 1.38. The Morgan fingerprint density at radius 3 is 1.80 bits per heavy atom. The molecule has 0 aromatic carbocycles. The van der Waals surface area contributed by atoms with Crippen molar-refractivity contribution in [3.63, 3.8) is 0 Å². The molecular formula is C2H3F2S. The van der Waals surface area contributed by atoms with Crippen molar-refractivity contribution in [2.45, 2.75) is 0 Å². The lowest BCUT2D eigenvalue weighted by atomic mass is 10.9. The Kier molecular flexibility index (Phi) is 2.55. The molecule has 0 spiro atoms. The standard InChI is InChI=1S/C2H3F2S/c3-2(4)1-5/h5H,1H2. The quantitative estimate of drug-likeness (QED) is 0.469. The first-order chi connectivity index (χ1) is 2.27. The van der Waals surface area contributed by atoms with Crippen LogP contribution in [-0.4, -0.2) is 5.75 Å². The first-order valence-electron chi connectivity index (χ1n) is 1.05. The predicted octanol–water partition coefficient (Wildman–Crippen LogP) is 1.34. The van der Waals surface area contributed by atoms with Gasteiger partial charge in [0.25, 0.3) is 0 Å². The van der Waals surface area contributed by atoms with E-state index in [9.17, 15) is 8.78 Å². The molecule has 0 aliphatic rings. The highest BCUT2D eigenvalue weighted by molar-refractivity contribution is 7.80. The number of halogens is 2. The summed E-state index contributed by atoms with van der Waals surface area (Å²) in [5, 5.41) is 0. The minimum absolute atomic E-state index is 0.417. The van der Waals surface area contributed by atoms with Gasteiger partial charge in [0.05, 0.1) is 5.75 Å². The molecule has 0 unspecified atom stereocenters. The molecule has 0 atom stereocenters. The van der Waals surface area contributed by atoms with Crippen molar-refractivity contribution < 1.29 is 8.78 Å². The summed E-state index contributed by atoms with van der Waals surface area (Å²) in [4.78, 5) is 0. The Morgan fingerprint density at radius 2 is 1.80 bits per heavy atom. The molecule has 0 amide bonds. The van der Waals surface area contributed by atoms with Crippen molar-refractivity contribution in [3.8, 4) is 0 Å². The van der Waals surface area contributed by atoms with Crippen molar-refractivity contribution in [1.82, 2.24) is 0 Å². The molecule has 0 aliphatic carbocycles. The smallest absolute Gasteiger partial charge is 0.199 e. The highest BCUT2D eigenvalue weighted by Crippen LogP contribution is 2.01. The first-order valence-corrected chi connectivity index (χ1v) is 1.68. The van der Waals surface area contributed by atoms with Crippen molar-refractivity contribution in [1.29, 1.82) is 0 Å². The molecule has 3 heteroatoms. The van der Waals surface area contributed by atoms with Crippen LogP contribution < -0.4 is 0 Å². The fraction of sp³-hybridized carbons (Fsp3) is 0.500. The van der Waals surface area contributed by atoms with Crippen LogP contribution in [0.2, 0.25) is 0 Å². The van der Waals surface area contributed by atoms with E-state index in [1.54, 1.807) is 0 Å². The Bertz CT molecular complexity index is 21.6. The van der Waals surface area contributed by atoms with Crippen LogP contribution in [0.1, 0.15) is 0 Å². The topological polar surface area (TPSA) is 0 Å². The molecule has 0 rings (SSSR count). The molecule has 0 heterocycles. The Labute approximate surface area is 34.6 Å². The van der Waals surface area contributed by atoms with Crippen LogP contribution in [0, 0.1) is 6.43 Å². The van der Waals surface area contributed by atoms with Gasteiger partial charge in [0.1, 0.15) is 0 Å². The summed E-state index contributed by atoms with van der Waals surface area (Å²) in [6.07, 6.45) is -1.63. The third-order valence-electron chi connectivity index (χ3n) is 0.120. The van der Waals surface area contributed by atoms with Crippen molar-refractivity contribution in [2.75, 3.05) is 5.75 Å². The molecule has 1 radical (unpaired) electrons. The molecular weight excluding hydrogens is 94.1 g/mol. The minimum atomic E-state index is -1.63. The van der Waals surface area contributed by atoms with Crippen LogP contribution in [0.4, 0.5) is 8.78 Å². The molecule has 5 heavy (non-hydrogen) atoms. The van der Waals surface area contributed by atoms with E-state index < -0.39 is 12.2 Å². The van der Waals surface area contributed by atoms with Crippen LogP contribution in [0.3, 0.4) is 0 Å². The predicted molar refractivity (Wildman–Crippen MR) is 19.3 cm³/mol. The van der Waals surface area contributed by atoms with Crippen LogP contribution in [-0.2, 0) is 0 Å². The van der Waals surface area contributed by atoms with E-state index in [1.807, 2.05) is 0 Å². The lowest BCUT2D eigenvalue weighted by Gasteiger charge is -1.77. The lowest BCUT2D eigenvalue weighted by molar-refractivity contribution is 0.310. The van der Waals surface area contributed by atoms with Gasteiger partial charge in [-0.3, -0.25) is 0 Å². The second-order valence-corrected chi connectivity index (χ2v) is 0.813. The highest BCUT2D eigenvalue weighted by Gasteiger charge is 1.95. The van der Waals surface area contributed by atoms with Gasteiger partial charge in [0.2, 0.25) is 0 Å². The SMILES string of the molecule is F[C](F)CS. The van der Waals surface area contributed by atoms with Gasteiger partial charge in [-0.2, -0.15) is 21.4 Å². The third-order valence-corrected chi connectivity index (χ3v) is 0.359. The summed E-state index contributed by atoms with van der Waals surface area (Å²) >= 11 is 3.23. The number of thiol groups is 1. The van der Waals surface area contributed by atoms with Crippen LogP contribution in [0.25, 0.3) is 0 Å². The van der Waals surface area contributed by atoms with E-state index in [0.717, 1.165) is 0 Å². The monoisotopic (exact) mass is 97.0 g/mol. The molecule has 0 N–H and O–H groups in total. The maximum absolute atomic E-state index is 10.6.